The van der Waals surface area contributed by atoms with Gasteiger partial charge in [0.15, 0.2) is 0 Å². The Morgan fingerprint density at radius 1 is 0.435 bits per heavy atom. The van der Waals surface area contributed by atoms with E-state index in [0.29, 0.717) is 0 Å². The van der Waals surface area contributed by atoms with Crippen molar-refractivity contribution in [3.63, 3.8) is 0 Å². The Labute approximate surface area is 139 Å². The third-order valence-corrected chi connectivity index (χ3v) is 4.08. The minimum Gasteiger partial charge on any atom is -0.344 e. The van der Waals surface area contributed by atoms with Gasteiger partial charge in [-0.2, -0.15) is 0 Å². The largest absolute Gasteiger partial charge is 0.344 e. The minimum absolute atomic E-state index is 0. The van der Waals surface area contributed by atoms with E-state index < -0.39 is 0 Å². The van der Waals surface area contributed by atoms with Gasteiger partial charge in [-0.15, -0.1) is 0 Å². The van der Waals surface area contributed by atoms with Crippen LogP contribution in [0.2, 0.25) is 0 Å². The smallest absolute Gasteiger partial charge is 0.0184 e. The van der Waals surface area contributed by atoms with Crippen molar-refractivity contribution in [2.24, 2.45) is 0 Å². The van der Waals surface area contributed by atoms with Crippen LogP contribution >= 0.6 is 0 Å². The molecule has 0 aromatic heterocycles. The first-order chi connectivity index (χ1) is 10.9. The number of unbranched alkanes of at least 4 members (excludes halogenated alkanes) is 1. The summed E-state index contributed by atoms with van der Waals surface area (Å²) in [5.74, 6) is 0. The van der Waals surface area contributed by atoms with Crippen molar-refractivity contribution >= 4 is 0 Å². The van der Waals surface area contributed by atoms with E-state index >= 15 is 0 Å². The molecule has 0 radical (unpaired) electrons. The summed E-state index contributed by atoms with van der Waals surface area (Å²) in [5.41, 5.74) is 5.47. The first kappa shape index (κ1) is 17.0. The summed E-state index contributed by atoms with van der Waals surface area (Å²) in [5, 5.41) is 0. The molecule has 0 spiro atoms. The van der Waals surface area contributed by atoms with Crippen LogP contribution in [0.15, 0.2) is 84.9 Å². The first-order valence-corrected chi connectivity index (χ1v) is 8.10. The fourth-order valence-electron chi connectivity index (χ4n) is 2.80. The van der Waals surface area contributed by atoms with Gasteiger partial charge in [-0.25, -0.2) is 0 Å². The van der Waals surface area contributed by atoms with E-state index in [2.05, 4.69) is 84.9 Å². The van der Waals surface area contributed by atoms with Crippen LogP contribution in [0.5, 0.6) is 0 Å². The maximum absolute atomic E-state index is 2.27. The molecule has 0 saturated heterocycles. The zero-order valence-electron chi connectivity index (χ0n) is 13.6. The van der Waals surface area contributed by atoms with Gasteiger partial charge in [0.2, 0.25) is 0 Å². The second kappa shape index (κ2) is 8.92. The molecule has 23 heavy (non-hydrogen) atoms. The van der Waals surface area contributed by atoms with Crippen molar-refractivity contribution in [2.75, 3.05) is 0 Å². The van der Waals surface area contributed by atoms with E-state index in [1.54, 1.807) is 0 Å². The van der Waals surface area contributed by atoms with E-state index in [-0.39, 0.29) is 6.15 Å². The molecule has 1 heteroatoms. The summed E-state index contributed by atoms with van der Waals surface area (Å²) in [6.45, 7) is 0. The van der Waals surface area contributed by atoms with Crippen molar-refractivity contribution in [3.8, 4) is 11.1 Å². The normalized spacial score (nSPS) is 10.1. The molecule has 0 fully saturated rings. The van der Waals surface area contributed by atoms with Gasteiger partial charge < -0.3 is 6.15 Å². The molecule has 3 aromatic rings. The van der Waals surface area contributed by atoms with E-state index in [4.69, 9.17) is 0 Å². The Morgan fingerprint density at radius 3 is 1.43 bits per heavy atom. The molecule has 0 atom stereocenters. The van der Waals surface area contributed by atoms with Crippen molar-refractivity contribution in [1.29, 1.82) is 0 Å². The Balaban J connectivity index is 0.00000192. The van der Waals surface area contributed by atoms with Gasteiger partial charge in [0.25, 0.3) is 0 Å². The summed E-state index contributed by atoms with van der Waals surface area (Å²) in [6.07, 6.45) is 4.86. The van der Waals surface area contributed by atoms with Crippen LogP contribution < -0.4 is 6.15 Å². The highest BCUT2D eigenvalue weighted by molar-refractivity contribution is 5.63. The number of rotatable bonds is 6. The molecule has 0 aliphatic heterocycles. The van der Waals surface area contributed by atoms with Gasteiger partial charge in [0.1, 0.15) is 0 Å². The van der Waals surface area contributed by atoms with Crippen molar-refractivity contribution < 1.29 is 0 Å². The van der Waals surface area contributed by atoms with Gasteiger partial charge >= 0.3 is 0 Å². The highest BCUT2D eigenvalue weighted by atomic mass is 14.0. The number of hydrogen-bond acceptors (Lipinski definition) is 1. The van der Waals surface area contributed by atoms with Crippen LogP contribution in [0.4, 0.5) is 0 Å². The van der Waals surface area contributed by atoms with E-state index in [1.165, 1.54) is 47.9 Å². The highest BCUT2D eigenvalue weighted by Crippen LogP contribution is 2.20. The molecule has 0 bridgehead atoms. The van der Waals surface area contributed by atoms with Gasteiger partial charge in [-0.3, -0.25) is 0 Å². The maximum Gasteiger partial charge on any atom is -0.0184 e. The number of aryl methyl sites for hydroxylation is 2. The second-order valence-corrected chi connectivity index (χ2v) is 5.76. The molecular weight excluding hydrogens is 278 g/mol. The second-order valence-electron chi connectivity index (χ2n) is 5.76. The van der Waals surface area contributed by atoms with Crippen LogP contribution in [-0.4, -0.2) is 0 Å². The molecule has 0 amide bonds. The molecule has 0 saturated carbocycles. The van der Waals surface area contributed by atoms with Crippen LogP contribution in [0.25, 0.3) is 11.1 Å². The van der Waals surface area contributed by atoms with Crippen LogP contribution in [0.1, 0.15) is 24.0 Å². The first-order valence-electron chi connectivity index (χ1n) is 8.10. The minimum atomic E-state index is 0. The zero-order chi connectivity index (χ0) is 15.0. The fourth-order valence-corrected chi connectivity index (χ4v) is 2.80. The molecule has 3 aromatic carbocycles. The lowest BCUT2D eigenvalue weighted by Crippen LogP contribution is -1.89. The summed E-state index contributed by atoms with van der Waals surface area (Å²) in [4.78, 5) is 0. The highest BCUT2D eigenvalue weighted by Gasteiger charge is 1.98. The Hall–Kier alpha value is -2.38. The molecular formula is C22H25N. The van der Waals surface area contributed by atoms with Gasteiger partial charge in [0, 0.05) is 0 Å². The van der Waals surface area contributed by atoms with E-state index in [0.717, 1.165) is 0 Å². The molecule has 0 aliphatic rings. The van der Waals surface area contributed by atoms with Gasteiger partial charge in [0.05, 0.1) is 0 Å². The van der Waals surface area contributed by atoms with Crippen LogP contribution in [0.3, 0.4) is 0 Å². The monoisotopic (exact) mass is 303 g/mol. The Kier molecular flexibility index (Phi) is 6.58. The average molecular weight is 303 g/mol. The molecule has 3 N–H and O–H groups in total. The molecule has 118 valence electrons. The third-order valence-electron chi connectivity index (χ3n) is 4.08. The lowest BCUT2D eigenvalue weighted by molar-refractivity contribution is 0.734. The predicted molar refractivity (Wildman–Crippen MR) is 100.0 cm³/mol. The number of hydrogen-bond donors (Lipinski definition) is 1. The molecule has 0 heterocycles. The quantitative estimate of drug-likeness (QED) is 0.550. The predicted octanol–water partition coefficient (Wildman–Crippen LogP) is 6.08. The summed E-state index contributed by atoms with van der Waals surface area (Å²) < 4.78 is 0. The van der Waals surface area contributed by atoms with E-state index in [1.807, 2.05) is 0 Å². The lowest BCUT2D eigenvalue weighted by Gasteiger charge is -2.05. The maximum atomic E-state index is 2.27. The number of benzene rings is 3. The van der Waals surface area contributed by atoms with Crippen molar-refractivity contribution in [2.45, 2.75) is 25.7 Å². The Morgan fingerprint density at radius 2 is 0.870 bits per heavy atom. The third kappa shape index (κ3) is 5.08. The standard InChI is InChI=1S/C22H22.H3N/c1-3-9-19(10-4-1)11-7-8-12-20-15-17-22(18-16-20)21-13-5-2-6-14-21;/h1-6,9-10,13-18H,7-8,11-12H2;1H3. The zero-order valence-corrected chi connectivity index (χ0v) is 13.6. The van der Waals surface area contributed by atoms with Crippen molar-refractivity contribution in [3.05, 3.63) is 96.1 Å². The topological polar surface area (TPSA) is 35.0 Å². The van der Waals surface area contributed by atoms with Crippen molar-refractivity contribution in [1.82, 2.24) is 6.15 Å². The summed E-state index contributed by atoms with van der Waals surface area (Å²) in [6, 6.07) is 30.3. The lowest BCUT2D eigenvalue weighted by atomic mass is 10.0. The molecule has 1 nitrogen and oxygen atoms in total. The van der Waals surface area contributed by atoms with Gasteiger partial charge in [-0.05, 0) is 47.9 Å². The average Bonchev–Trinajstić information content (AvgIpc) is 2.61. The fraction of sp³-hybridized carbons (Fsp3) is 0.182. The molecule has 0 unspecified atom stereocenters. The van der Waals surface area contributed by atoms with Crippen LogP contribution in [-0.2, 0) is 12.8 Å². The molecule has 0 aliphatic carbocycles. The van der Waals surface area contributed by atoms with Gasteiger partial charge in [-0.1, -0.05) is 84.9 Å². The Bertz CT molecular complexity index is 672. The SMILES string of the molecule is N.c1ccc(CCCCc2ccc(-c3ccccc3)cc2)cc1. The summed E-state index contributed by atoms with van der Waals surface area (Å²) in [7, 11) is 0. The summed E-state index contributed by atoms with van der Waals surface area (Å²) >= 11 is 0. The van der Waals surface area contributed by atoms with E-state index in [9.17, 15) is 0 Å². The van der Waals surface area contributed by atoms with Crippen LogP contribution in [0, 0.1) is 0 Å². The molecule has 3 rings (SSSR count).